The van der Waals surface area contributed by atoms with E-state index < -0.39 is 10.0 Å². The molecule has 1 aliphatic heterocycles. The standard InChI is InChI=1S/C20H27FN4O2S/c1-3-4-16(2)23-28(26,27)19-9-10-20(22-15-19)25-13-11-24(12-14-25)18-7-5-17(21)6-8-18/h5-10,15-16,23H,3-4,11-14H2,1-2H3. The normalized spacial score (nSPS) is 16.2. The maximum absolute atomic E-state index is 13.1. The Morgan fingerprint density at radius 2 is 1.71 bits per heavy atom. The first kappa shape index (κ1) is 20.5. The number of nitrogens with zero attached hydrogens (tertiary/aromatic N) is 3. The fourth-order valence-corrected chi connectivity index (χ4v) is 4.61. The molecule has 1 aromatic carbocycles. The summed E-state index contributed by atoms with van der Waals surface area (Å²) in [6.45, 7) is 7.01. The average Bonchev–Trinajstić information content (AvgIpc) is 2.69. The van der Waals surface area contributed by atoms with Crippen molar-refractivity contribution in [3.63, 3.8) is 0 Å². The van der Waals surface area contributed by atoms with E-state index in [0.717, 1.165) is 50.5 Å². The minimum atomic E-state index is -3.55. The number of rotatable bonds is 7. The van der Waals surface area contributed by atoms with Gasteiger partial charge in [0.15, 0.2) is 0 Å². The third kappa shape index (κ3) is 4.99. The molecular weight excluding hydrogens is 379 g/mol. The summed E-state index contributed by atoms with van der Waals surface area (Å²) < 4.78 is 40.6. The fraction of sp³-hybridized carbons (Fsp3) is 0.450. The highest BCUT2D eigenvalue weighted by molar-refractivity contribution is 7.89. The summed E-state index contributed by atoms with van der Waals surface area (Å²) in [5, 5.41) is 0. The van der Waals surface area contributed by atoms with Crippen LogP contribution in [0.15, 0.2) is 47.5 Å². The van der Waals surface area contributed by atoms with Crippen LogP contribution in [0, 0.1) is 5.82 Å². The van der Waals surface area contributed by atoms with Gasteiger partial charge in [-0.25, -0.2) is 22.5 Å². The predicted octanol–water partition coefficient (Wildman–Crippen LogP) is 3.01. The molecule has 1 atom stereocenters. The largest absolute Gasteiger partial charge is 0.368 e. The highest BCUT2D eigenvalue weighted by atomic mass is 32.2. The maximum Gasteiger partial charge on any atom is 0.242 e. The Morgan fingerprint density at radius 3 is 2.29 bits per heavy atom. The van der Waals surface area contributed by atoms with Crippen molar-refractivity contribution in [3.8, 4) is 0 Å². The van der Waals surface area contributed by atoms with E-state index in [1.165, 1.54) is 18.3 Å². The third-order valence-corrected chi connectivity index (χ3v) is 6.48. The van der Waals surface area contributed by atoms with Crippen LogP contribution in [0.25, 0.3) is 0 Å². The molecule has 0 aliphatic carbocycles. The molecule has 2 heterocycles. The van der Waals surface area contributed by atoms with Crippen LogP contribution < -0.4 is 14.5 Å². The second-order valence-electron chi connectivity index (χ2n) is 7.11. The summed E-state index contributed by atoms with van der Waals surface area (Å²) in [4.78, 5) is 8.89. The SMILES string of the molecule is CCCC(C)NS(=O)(=O)c1ccc(N2CCN(c3ccc(F)cc3)CC2)nc1. The molecule has 1 saturated heterocycles. The van der Waals surface area contributed by atoms with Crippen molar-refractivity contribution in [2.45, 2.75) is 37.6 Å². The van der Waals surface area contributed by atoms with E-state index in [0.29, 0.717) is 0 Å². The van der Waals surface area contributed by atoms with Gasteiger partial charge < -0.3 is 9.80 Å². The average molecular weight is 407 g/mol. The smallest absolute Gasteiger partial charge is 0.242 e. The van der Waals surface area contributed by atoms with Gasteiger partial charge in [-0.2, -0.15) is 0 Å². The molecule has 1 N–H and O–H groups in total. The lowest BCUT2D eigenvalue weighted by Gasteiger charge is -2.36. The van der Waals surface area contributed by atoms with E-state index in [1.807, 2.05) is 13.8 Å². The molecule has 3 rings (SSSR count). The molecule has 6 nitrogen and oxygen atoms in total. The quantitative estimate of drug-likeness (QED) is 0.766. The highest BCUT2D eigenvalue weighted by Gasteiger charge is 2.21. The first-order valence-electron chi connectivity index (χ1n) is 9.63. The van der Waals surface area contributed by atoms with E-state index in [4.69, 9.17) is 0 Å². The van der Waals surface area contributed by atoms with E-state index in [2.05, 4.69) is 19.5 Å². The lowest BCUT2D eigenvalue weighted by Crippen LogP contribution is -2.46. The Kier molecular flexibility index (Phi) is 6.51. The van der Waals surface area contributed by atoms with E-state index in [-0.39, 0.29) is 16.8 Å². The second kappa shape index (κ2) is 8.87. The molecule has 0 radical (unpaired) electrons. The van der Waals surface area contributed by atoms with E-state index >= 15 is 0 Å². The molecule has 0 saturated carbocycles. The Hall–Kier alpha value is -2.19. The van der Waals surface area contributed by atoms with Gasteiger partial charge in [0, 0.05) is 44.1 Å². The van der Waals surface area contributed by atoms with Gasteiger partial charge in [0.25, 0.3) is 0 Å². The van der Waals surface area contributed by atoms with Gasteiger partial charge in [0.1, 0.15) is 16.5 Å². The first-order valence-corrected chi connectivity index (χ1v) is 11.1. The van der Waals surface area contributed by atoms with Crippen LogP contribution >= 0.6 is 0 Å². The molecular formula is C20H27FN4O2S. The molecule has 8 heteroatoms. The minimum absolute atomic E-state index is 0.103. The Bertz CT molecular complexity index is 864. The summed E-state index contributed by atoms with van der Waals surface area (Å²) in [6.07, 6.45) is 3.14. The van der Waals surface area contributed by atoms with Crippen LogP contribution in [0.3, 0.4) is 0 Å². The molecule has 28 heavy (non-hydrogen) atoms. The van der Waals surface area contributed by atoms with Crippen LogP contribution in [-0.2, 0) is 10.0 Å². The summed E-state index contributed by atoms with van der Waals surface area (Å²) >= 11 is 0. The van der Waals surface area contributed by atoms with Crippen molar-refractivity contribution in [1.29, 1.82) is 0 Å². The lowest BCUT2D eigenvalue weighted by atomic mass is 10.2. The summed E-state index contributed by atoms with van der Waals surface area (Å²) in [7, 11) is -3.55. The van der Waals surface area contributed by atoms with Crippen molar-refractivity contribution in [2.24, 2.45) is 0 Å². The van der Waals surface area contributed by atoms with Crippen molar-refractivity contribution < 1.29 is 12.8 Å². The van der Waals surface area contributed by atoms with Crippen molar-refractivity contribution in [3.05, 3.63) is 48.4 Å². The highest BCUT2D eigenvalue weighted by Crippen LogP contribution is 2.20. The monoisotopic (exact) mass is 406 g/mol. The van der Waals surface area contributed by atoms with Crippen molar-refractivity contribution in [2.75, 3.05) is 36.0 Å². The predicted molar refractivity (Wildman–Crippen MR) is 110 cm³/mol. The van der Waals surface area contributed by atoms with Gasteiger partial charge in [-0.15, -0.1) is 0 Å². The van der Waals surface area contributed by atoms with Gasteiger partial charge in [0.05, 0.1) is 0 Å². The number of hydrogen-bond acceptors (Lipinski definition) is 5. The molecule has 152 valence electrons. The molecule has 1 aliphatic rings. The van der Waals surface area contributed by atoms with Crippen molar-refractivity contribution in [1.82, 2.24) is 9.71 Å². The molecule has 0 spiro atoms. The topological polar surface area (TPSA) is 65.5 Å². The zero-order valence-electron chi connectivity index (χ0n) is 16.3. The summed E-state index contributed by atoms with van der Waals surface area (Å²) in [6, 6.07) is 9.78. The van der Waals surface area contributed by atoms with Crippen LogP contribution in [0.2, 0.25) is 0 Å². The molecule has 1 fully saturated rings. The zero-order chi connectivity index (χ0) is 20.1. The Morgan fingerprint density at radius 1 is 1.07 bits per heavy atom. The van der Waals surface area contributed by atoms with Gasteiger partial charge in [-0.1, -0.05) is 13.3 Å². The number of sulfonamides is 1. The number of pyridine rings is 1. The third-order valence-electron chi connectivity index (χ3n) is 4.90. The van der Waals surface area contributed by atoms with Crippen LogP contribution in [0.4, 0.5) is 15.9 Å². The summed E-state index contributed by atoms with van der Waals surface area (Å²) in [5.74, 6) is 0.527. The lowest BCUT2D eigenvalue weighted by molar-refractivity contribution is 0.543. The van der Waals surface area contributed by atoms with Gasteiger partial charge in [-0.3, -0.25) is 0 Å². The van der Waals surface area contributed by atoms with Crippen LogP contribution in [0.5, 0.6) is 0 Å². The summed E-state index contributed by atoms with van der Waals surface area (Å²) in [5.41, 5.74) is 1.00. The molecule has 1 unspecified atom stereocenters. The maximum atomic E-state index is 13.1. The Labute approximate surface area is 166 Å². The number of benzene rings is 1. The van der Waals surface area contributed by atoms with E-state index in [1.54, 1.807) is 24.3 Å². The van der Waals surface area contributed by atoms with Crippen LogP contribution in [0.1, 0.15) is 26.7 Å². The number of aromatic nitrogens is 1. The molecule has 0 amide bonds. The van der Waals surface area contributed by atoms with E-state index in [9.17, 15) is 12.8 Å². The van der Waals surface area contributed by atoms with Gasteiger partial charge in [0.2, 0.25) is 10.0 Å². The first-order chi connectivity index (χ1) is 13.4. The Balaban J connectivity index is 1.61. The zero-order valence-corrected chi connectivity index (χ0v) is 17.1. The van der Waals surface area contributed by atoms with Gasteiger partial charge in [-0.05, 0) is 49.7 Å². The van der Waals surface area contributed by atoms with Crippen molar-refractivity contribution >= 4 is 21.5 Å². The molecule has 2 aromatic rings. The fourth-order valence-electron chi connectivity index (χ4n) is 3.39. The number of nitrogens with one attached hydrogen (secondary N) is 1. The number of anilines is 2. The minimum Gasteiger partial charge on any atom is -0.368 e. The second-order valence-corrected chi connectivity index (χ2v) is 8.83. The molecule has 0 bridgehead atoms. The number of piperazine rings is 1. The number of halogens is 1. The number of hydrogen-bond donors (Lipinski definition) is 1. The van der Waals surface area contributed by atoms with Crippen LogP contribution in [-0.4, -0.2) is 45.6 Å². The van der Waals surface area contributed by atoms with Gasteiger partial charge >= 0.3 is 0 Å². The molecule has 1 aromatic heterocycles.